The molecule has 6 rings (SSSR count). The molecule has 0 N–H and O–H groups in total. The third kappa shape index (κ3) is 3.28. The molecule has 3 heterocycles. The molecule has 0 aliphatic carbocycles. The minimum Gasteiger partial charge on any atom is -0.478 e. The first-order valence-electron chi connectivity index (χ1n) is 10.2. The highest BCUT2D eigenvalue weighted by molar-refractivity contribution is 6.32. The zero-order chi connectivity index (χ0) is 21.7. The Morgan fingerprint density at radius 3 is 2.72 bits per heavy atom. The van der Waals surface area contributed by atoms with Gasteiger partial charge in [0.2, 0.25) is 12.6 Å². The number of carbonyl (C=O) groups excluding carboxylic acids is 1. The van der Waals surface area contributed by atoms with Crippen LogP contribution in [0.15, 0.2) is 60.4 Å². The normalized spacial score (nSPS) is 17.7. The minimum absolute atomic E-state index is 0.157. The summed E-state index contributed by atoms with van der Waals surface area (Å²) < 4.78 is 22.9. The highest BCUT2D eigenvalue weighted by Crippen LogP contribution is 2.42. The lowest BCUT2D eigenvalue weighted by Crippen LogP contribution is -2.31. The van der Waals surface area contributed by atoms with Gasteiger partial charge in [-0.25, -0.2) is 0 Å². The predicted molar refractivity (Wildman–Crippen MR) is 118 cm³/mol. The number of nitrogens with zero attached hydrogens (tertiary/aromatic N) is 1. The standard InChI is InChI=1S/C25H18ClNO5/c26-19-4-2-1-3-16(19)10-23-24(28)17-6-8-20-18(25(17)32-23)12-27(13-29-20)11-15-5-7-21-22(9-15)31-14-30-21/h1-10H,11-14H2/b23-10-. The molecule has 7 heteroatoms. The van der Waals surface area contributed by atoms with Gasteiger partial charge in [0.05, 0.1) is 11.1 Å². The summed E-state index contributed by atoms with van der Waals surface area (Å²) in [5.41, 5.74) is 3.23. The number of rotatable bonds is 3. The summed E-state index contributed by atoms with van der Waals surface area (Å²) in [7, 11) is 0. The summed E-state index contributed by atoms with van der Waals surface area (Å²) in [6.07, 6.45) is 1.69. The number of hydrogen-bond donors (Lipinski definition) is 0. The van der Waals surface area contributed by atoms with E-state index in [1.807, 2.05) is 42.5 Å². The molecular formula is C25H18ClNO5. The number of Topliss-reactive ketones (excluding diaryl/α,β-unsaturated/α-hetero) is 1. The van der Waals surface area contributed by atoms with Crippen molar-refractivity contribution in [1.82, 2.24) is 4.90 Å². The van der Waals surface area contributed by atoms with Crippen LogP contribution >= 0.6 is 11.6 Å². The maximum absolute atomic E-state index is 13.0. The van der Waals surface area contributed by atoms with E-state index >= 15 is 0 Å². The van der Waals surface area contributed by atoms with Gasteiger partial charge >= 0.3 is 0 Å². The molecule has 0 unspecified atom stereocenters. The van der Waals surface area contributed by atoms with Gasteiger partial charge in [0, 0.05) is 18.1 Å². The van der Waals surface area contributed by atoms with Crippen LogP contribution in [0.3, 0.4) is 0 Å². The van der Waals surface area contributed by atoms with Crippen LogP contribution in [0.5, 0.6) is 23.0 Å². The molecule has 0 bridgehead atoms. The number of halogens is 1. The third-order valence-corrected chi connectivity index (χ3v) is 6.06. The summed E-state index contributed by atoms with van der Waals surface area (Å²) in [6, 6.07) is 16.9. The van der Waals surface area contributed by atoms with Crippen molar-refractivity contribution in [2.24, 2.45) is 0 Å². The number of carbonyl (C=O) groups is 1. The topological polar surface area (TPSA) is 57.2 Å². The minimum atomic E-state index is -0.157. The van der Waals surface area contributed by atoms with E-state index in [4.69, 9.17) is 30.5 Å². The molecule has 3 aliphatic rings. The molecule has 0 saturated carbocycles. The van der Waals surface area contributed by atoms with Crippen molar-refractivity contribution in [3.05, 3.63) is 87.6 Å². The van der Waals surface area contributed by atoms with Gasteiger partial charge in [-0.05, 0) is 47.5 Å². The number of ketones is 1. The second kappa shape index (κ2) is 7.58. The second-order valence-electron chi connectivity index (χ2n) is 7.83. The monoisotopic (exact) mass is 447 g/mol. The first-order chi connectivity index (χ1) is 15.7. The highest BCUT2D eigenvalue weighted by Gasteiger charge is 2.33. The van der Waals surface area contributed by atoms with E-state index in [0.717, 1.165) is 33.9 Å². The lowest BCUT2D eigenvalue weighted by atomic mass is 10.0. The number of ether oxygens (including phenoxy) is 4. The first-order valence-corrected chi connectivity index (χ1v) is 10.6. The van der Waals surface area contributed by atoms with Gasteiger partial charge < -0.3 is 18.9 Å². The lowest BCUT2D eigenvalue weighted by molar-refractivity contribution is 0.0872. The fourth-order valence-electron chi connectivity index (χ4n) is 4.14. The molecule has 6 nitrogen and oxygen atoms in total. The van der Waals surface area contributed by atoms with E-state index in [-0.39, 0.29) is 18.3 Å². The Labute approximate surface area is 189 Å². The smallest absolute Gasteiger partial charge is 0.231 e. The SMILES string of the molecule is O=C1/C(=C/c2ccccc2Cl)Oc2c1ccc1c2CN(Cc2ccc3c(c2)OCO3)CO1. The van der Waals surface area contributed by atoms with Crippen molar-refractivity contribution in [2.45, 2.75) is 13.1 Å². The van der Waals surface area contributed by atoms with Crippen LogP contribution in [0.1, 0.15) is 27.0 Å². The highest BCUT2D eigenvalue weighted by atomic mass is 35.5. The molecule has 0 spiro atoms. The Morgan fingerprint density at radius 1 is 0.969 bits per heavy atom. The van der Waals surface area contributed by atoms with Crippen molar-refractivity contribution in [3.63, 3.8) is 0 Å². The molecule has 0 saturated heterocycles. The number of hydrogen-bond acceptors (Lipinski definition) is 6. The number of fused-ring (bicyclic) bond motifs is 4. The van der Waals surface area contributed by atoms with Gasteiger partial charge in [0.15, 0.2) is 17.3 Å². The molecule has 0 atom stereocenters. The van der Waals surface area contributed by atoms with E-state index in [0.29, 0.717) is 36.2 Å². The fourth-order valence-corrected chi connectivity index (χ4v) is 4.33. The Morgan fingerprint density at radius 2 is 1.81 bits per heavy atom. The summed E-state index contributed by atoms with van der Waals surface area (Å²) in [5, 5.41) is 0.563. The predicted octanol–water partition coefficient (Wildman–Crippen LogP) is 5.04. The van der Waals surface area contributed by atoms with E-state index in [1.54, 1.807) is 18.2 Å². The van der Waals surface area contributed by atoms with Crippen LogP contribution in [-0.4, -0.2) is 24.2 Å². The van der Waals surface area contributed by atoms with Crippen molar-refractivity contribution in [2.75, 3.05) is 13.5 Å². The van der Waals surface area contributed by atoms with Crippen LogP contribution in [0.25, 0.3) is 6.08 Å². The average Bonchev–Trinajstić information content (AvgIpc) is 3.40. The van der Waals surface area contributed by atoms with Crippen molar-refractivity contribution >= 4 is 23.5 Å². The maximum Gasteiger partial charge on any atom is 0.231 e. The van der Waals surface area contributed by atoms with Crippen molar-refractivity contribution < 1.29 is 23.7 Å². The number of benzene rings is 3. The molecule has 3 aromatic carbocycles. The molecule has 3 aliphatic heterocycles. The zero-order valence-electron chi connectivity index (χ0n) is 17.0. The zero-order valence-corrected chi connectivity index (χ0v) is 17.7. The molecule has 0 amide bonds. The van der Waals surface area contributed by atoms with Crippen LogP contribution < -0.4 is 18.9 Å². The summed E-state index contributed by atoms with van der Waals surface area (Å²) >= 11 is 6.25. The van der Waals surface area contributed by atoms with E-state index in [2.05, 4.69) is 4.90 Å². The molecule has 32 heavy (non-hydrogen) atoms. The third-order valence-electron chi connectivity index (χ3n) is 5.72. The Kier molecular flexibility index (Phi) is 4.56. The Bertz CT molecular complexity index is 1290. The molecule has 160 valence electrons. The maximum atomic E-state index is 13.0. The Balaban J connectivity index is 1.27. The van der Waals surface area contributed by atoms with Gasteiger partial charge in [-0.15, -0.1) is 0 Å². The second-order valence-corrected chi connectivity index (χ2v) is 8.24. The first kappa shape index (κ1) is 19.2. The van der Waals surface area contributed by atoms with Gasteiger partial charge in [0.25, 0.3) is 0 Å². The van der Waals surface area contributed by atoms with Gasteiger partial charge in [-0.3, -0.25) is 9.69 Å². The van der Waals surface area contributed by atoms with E-state index in [1.165, 1.54) is 0 Å². The number of allylic oxidation sites excluding steroid dienone is 1. The van der Waals surface area contributed by atoms with Crippen LogP contribution in [0.2, 0.25) is 5.02 Å². The van der Waals surface area contributed by atoms with E-state index < -0.39 is 0 Å². The summed E-state index contributed by atoms with van der Waals surface area (Å²) in [5.74, 6) is 2.91. The van der Waals surface area contributed by atoms with Crippen molar-refractivity contribution in [3.8, 4) is 23.0 Å². The van der Waals surface area contributed by atoms with Crippen LogP contribution in [0.4, 0.5) is 0 Å². The molecule has 0 radical (unpaired) electrons. The Hall–Kier alpha value is -3.48. The van der Waals surface area contributed by atoms with E-state index in [9.17, 15) is 4.79 Å². The summed E-state index contributed by atoms with van der Waals surface area (Å²) in [6.45, 7) is 1.95. The van der Waals surface area contributed by atoms with Crippen molar-refractivity contribution in [1.29, 1.82) is 0 Å². The van der Waals surface area contributed by atoms with Crippen LogP contribution in [-0.2, 0) is 13.1 Å². The molecule has 3 aromatic rings. The molecular weight excluding hydrogens is 430 g/mol. The van der Waals surface area contributed by atoms with Gasteiger partial charge in [-0.1, -0.05) is 35.9 Å². The summed E-state index contributed by atoms with van der Waals surface area (Å²) in [4.78, 5) is 15.1. The molecule has 0 fully saturated rings. The lowest BCUT2D eigenvalue weighted by Gasteiger charge is -2.29. The quantitative estimate of drug-likeness (QED) is 0.524. The fraction of sp³-hybridized carbons (Fsp3) is 0.160. The average molecular weight is 448 g/mol. The van der Waals surface area contributed by atoms with Gasteiger partial charge in [-0.2, -0.15) is 0 Å². The van der Waals surface area contributed by atoms with Crippen LogP contribution in [0, 0.1) is 0 Å². The molecule has 0 aromatic heterocycles. The van der Waals surface area contributed by atoms with Gasteiger partial charge in [0.1, 0.15) is 18.2 Å². The largest absolute Gasteiger partial charge is 0.478 e.